The zero-order valence-corrected chi connectivity index (χ0v) is 13.4. The molecule has 0 saturated heterocycles. The third-order valence-electron chi connectivity index (χ3n) is 3.88. The molecule has 2 aromatic rings. The number of nitrogens with zero attached hydrogens (tertiary/aromatic N) is 3. The summed E-state index contributed by atoms with van der Waals surface area (Å²) < 4.78 is 7.17. The molecule has 6 nitrogen and oxygen atoms in total. The van der Waals surface area contributed by atoms with E-state index in [9.17, 15) is 4.79 Å². The van der Waals surface area contributed by atoms with Crippen molar-refractivity contribution in [2.45, 2.75) is 43.3 Å². The van der Waals surface area contributed by atoms with Crippen LogP contribution in [0.15, 0.2) is 28.0 Å². The molecule has 2 heterocycles. The first-order valence-electron chi connectivity index (χ1n) is 7.59. The SMILES string of the molecule is Cn1c(SCC(=O)NC2CCCCC2)nnc1-c1ccco1. The fourth-order valence-electron chi connectivity index (χ4n) is 2.71. The van der Waals surface area contributed by atoms with Crippen LogP contribution < -0.4 is 5.32 Å². The molecular weight excluding hydrogens is 300 g/mol. The number of hydrogen-bond donors (Lipinski definition) is 1. The number of thioether (sulfide) groups is 1. The Labute approximate surface area is 133 Å². The first-order chi connectivity index (χ1) is 10.7. The second-order valence-electron chi connectivity index (χ2n) is 5.53. The third kappa shape index (κ3) is 3.52. The Kier molecular flexibility index (Phi) is 4.82. The molecule has 3 rings (SSSR count). The highest BCUT2D eigenvalue weighted by atomic mass is 32.2. The largest absolute Gasteiger partial charge is 0.461 e. The molecule has 0 bridgehead atoms. The molecule has 1 aliphatic carbocycles. The Morgan fingerprint density at radius 3 is 2.95 bits per heavy atom. The summed E-state index contributed by atoms with van der Waals surface area (Å²) in [5, 5.41) is 12.1. The average molecular weight is 320 g/mol. The smallest absolute Gasteiger partial charge is 0.230 e. The topological polar surface area (TPSA) is 73.0 Å². The summed E-state index contributed by atoms with van der Waals surface area (Å²) in [6, 6.07) is 4.00. The zero-order chi connectivity index (χ0) is 15.4. The maximum Gasteiger partial charge on any atom is 0.230 e. The molecular formula is C15H20N4O2S. The molecule has 0 atom stereocenters. The quantitative estimate of drug-likeness (QED) is 0.857. The van der Waals surface area contributed by atoms with E-state index < -0.39 is 0 Å². The highest BCUT2D eigenvalue weighted by Crippen LogP contribution is 2.23. The Morgan fingerprint density at radius 2 is 2.23 bits per heavy atom. The second kappa shape index (κ2) is 7.00. The van der Waals surface area contributed by atoms with Crippen molar-refractivity contribution in [2.75, 3.05) is 5.75 Å². The predicted molar refractivity (Wildman–Crippen MR) is 84.4 cm³/mol. The van der Waals surface area contributed by atoms with Gasteiger partial charge in [0.15, 0.2) is 16.7 Å². The summed E-state index contributed by atoms with van der Waals surface area (Å²) in [6.45, 7) is 0. The van der Waals surface area contributed by atoms with Crippen LogP contribution in [0.3, 0.4) is 0 Å². The molecule has 7 heteroatoms. The van der Waals surface area contributed by atoms with Gasteiger partial charge in [0.1, 0.15) is 0 Å². The lowest BCUT2D eigenvalue weighted by atomic mass is 9.95. The van der Waals surface area contributed by atoms with Gasteiger partial charge >= 0.3 is 0 Å². The van der Waals surface area contributed by atoms with Crippen LogP contribution in [-0.4, -0.2) is 32.5 Å². The predicted octanol–water partition coefficient (Wildman–Crippen LogP) is 2.62. The Morgan fingerprint density at radius 1 is 1.41 bits per heavy atom. The molecule has 0 aliphatic heterocycles. The third-order valence-corrected chi connectivity index (χ3v) is 4.90. The minimum Gasteiger partial charge on any atom is -0.461 e. The number of carbonyl (C=O) groups is 1. The molecule has 1 aliphatic rings. The minimum absolute atomic E-state index is 0.0689. The summed E-state index contributed by atoms with van der Waals surface area (Å²) in [6.07, 6.45) is 7.53. The highest BCUT2D eigenvalue weighted by molar-refractivity contribution is 7.99. The van der Waals surface area contributed by atoms with Crippen molar-refractivity contribution < 1.29 is 9.21 Å². The van der Waals surface area contributed by atoms with Gasteiger partial charge in [-0.1, -0.05) is 31.0 Å². The molecule has 1 amide bonds. The molecule has 22 heavy (non-hydrogen) atoms. The molecule has 0 radical (unpaired) electrons. The molecule has 1 saturated carbocycles. The molecule has 0 aromatic carbocycles. The van der Waals surface area contributed by atoms with Gasteiger partial charge in [0.05, 0.1) is 12.0 Å². The van der Waals surface area contributed by atoms with Gasteiger partial charge in [-0.3, -0.25) is 4.79 Å². The van der Waals surface area contributed by atoms with Crippen LogP contribution in [0.1, 0.15) is 32.1 Å². The van der Waals surface area contributed by atoms with Crippen molar-refractivity contribution in [3.05, 3.63) is 18.4 Å². The van der Waals surface area contributed by atoms with Gasteiger partial charge in [0.25, 0.3) is 0 Å². The van der Waals surface area contributed by atoms with Gasteiger partial charge in [-0.05, 0) is 25.0 Å². The number of hydrogen-bond acceptors (Lipinski definition) is 5. The van der Waals surface area contributed by atoms with Gasteiger partial charge < -0.3 is 14.3 Å². The summed E-state index contributed by atoms with van der Waals surface area (Å²) in [5.41, 5.74) is 0. The van der Waals surface area contributed by atoms with E-state index in [0.29, 0.717) is 28.5 Å². The van der Waals surface area contributed by atoms with Crippen LogP contribution in [0, 0.1) is 0 Å². The van der Waals surface area contributed by atoms with E-state index in [1.807, 2.05) is 23.7 Å². The molecule has 2 aromatic heterocycles. The lowest BCUT2D eigenvalue weighted by molar-refractivity contribution is -0.119. The monoisotopic (exact) mass is 320 g/mol. The van der Waals surface area contributed by atoms with E-state index in [0.717, 1.165) is 12.8 Å². The standard InChI is InChI=1S/C15H20N4O2S/c1-19-14(12-8-5-9-21-12)17-18-15(19)22-10-13(20)16-11-6-3-2-4-7-11/h5,8-9,11H,2-4,6-7,10H2,1H3,(H,16,20). The maximum atomic E-state index is 12.0. The van der Waals surface area contributed by atoms with Crippen molar-refractivity contribution in [1.29, 1.82) is 0 Å². The number of nitrogens with one attached hydrogen (secondary N) is 1. The number of furan rings is 1. The number of aromatic nitrogens is 3. The zero-order valence-electron chi connectivity index (χ0n) is 12.6. The number of amides is 1. The Bertz CT molecular complexity index is 618. The van der Waals surface area contributed by atoms with Crippen molar-refractivity contribution in [1.82, 2.24) is 20.1 Å². The van der Waals surface area contributed by atoms with E-state index in [4.69, 9.17) is 4.42 Å². The van der Waals surface area contributed by atoms with Gasteiger partial charge in [0, 0.05) is 13.1 Å². The summed E-state index contributed by atoms with van der Waals surface area (Å²) in [7, 11) is 1.87. The summed E-state index contributed by atoms with van der Waals surface area (Å²) >= 11 is 1.40. The van der Waals surface area contributed by atoms with Crippen LogP contribution >= 0.6 is 11.8 Å². The minimum atomic E-state index is 0.0689. The van der Waals surface area contributed by atoms with Crippen LogP contribution in [0.2, 0.25) is 0 Å². The first kappa shape index (κ1) is 15.1. The van der Waals surface area contributed by atoms with Crippen LogP contribution in [-0.2, 0) is 11.8 Å². The second-order valence-corrected chi connectivity index (χ2v) is 6.48. The van der Waals surface area contributed by atoms with Crippen molar-refractivity contribution >= 4 is 17.7 Å². The van der Waals surface area contributed by atoms with Crippen molar-refractivity contribution in [3.8, 4) is 11.6 Å². The maximum absolute atomic E-state index is 12.0. The molecule has 1 fully saturated rings. The average Bonchev–Trinajstić information content (AvgIpc) is 3.16. The molecule has 1 N–H and O–H groups in total. The van der Waals surface area contributed by atoms with E-state index in [1.165, 1.54) is 31.0 Å². The van der Waals surface area contributed by atoms with Gasteiger partial charge in [-0.25, -0.2) is 0 Å². The normalized spacial score (nSPS) is 15.9. The van der Waals surface area contributed by atoms with Gasteiger partial charge in [-0.2, -0.15) is 0 Å². The first-order valence-corrected chi connectivity index (χ1v) is 8.58. The number of carbonyl (C=O) groups excluding carboxylic acids is 1. The van der Waals surface area contributed by atoms with Crippen LogP contribution in [0.5, 0.6) is 0 Å². The van der Waals surface area contributed by atoms with E-state index in [1.54, 1.807) is 6.26 Å². The van der Waals surface area contributed by atoms with E-state index in [2.05, 4.69) is 15.5 Å². The van der Waals surface area contributed by atoms with Crippen molar-refractivity contribution in [2.24, 2.45) is 7.05 Å². The molecule has 0 unspecified atom stereocenters. The Hall–Kier alpha value is -1.76. The lowest BCUT2D eigenvalue weighted by Crippen LogP contribution is -2.37. The van der Waals surface area contributed by atoms with Gasteiger partial charge in [0.2, 0.25) is 5.91 Å². The number of rotatable bonds is 5. The van der Waals surface area contributed by atoms with Gasteiger partial charge in [-0.15, -0.1) is 10.2 Å². The summed E-state index contributed by atoms with van der Waals surface area (Å²) in [4.78, 5) is 12.0. The molecule has 0 spiro atoms. The fraction of sp³-hybridized carbons (Fsp3) is 0.533. The van der Waals surface area contributed by atoms with E-state index in [-0.39, 0.29) is 5.91 Å². The lowest BCUT2D eigenvalue weighted by Gasteiger charge is -2.22. The van der Waals surface area contributed by atoms with Crippen LogP contribution in [0.25, 0.3) is 11.6 Å². The summed E-state index contributed by atoms with van der Waals surface area (Å²) in [5.74, 6) is 1.77. The molecule has 118 valence electrons. The fourth-order valence-corrected chi connectivity index (χ4v) is 3.43. The van der Waals surface area contributed by atoms with Crippen LogP contribution in [0.4, 0.5) is 0 Å². The Balaban J connectivity index is 1.54. The van der Waals surface area contributed by atoms with E-state index >= 15 is 0 Å². The van der Waals surface area contributed by atoms with Crippen molar-refractivity contribution in [3.63, 3.8) is 0 Å². The highest BCUT2D eigenvalue weighted by Gasteiger charge is 2.17.